The zero-order chi connectivity index (χ0) is 12.4. The van der Waals surface area contributed by atoms with Crippen molar-refractivity contribution in [2.45, 2.75) is 39.7 Å². The summed E-state index contributed by atoms with van der Waals surface area (Å²) in [6.07, 6.45) is 2.66. The van der Waals surface area contributed by atoms with E-state index in [0.717, 1.165) is 22.9 Å². The Hall–Kier alpha value is -1.51. The molecule has 2 N–H and O–H groups in total. The Bertz CT molecular complexity index is 424. The summed E-state index contributed by atoms with van der Waals surface area (Å²) in [7, 11) is 0. The molecule has 3 nitrogen and oxygen atoms in total. The molecule has 17 heavy (non-hydrogen) atoms. The lowest BCUT2D eigenvalue weighted by molar-refractivity contribution is -0.114. The van der Waals surface area contributed by atoms with Crippen LogP contribution in [0.5, 0.6) is 0 Å². The van der Waals surface area contributed by atoms with E-state index in [1.165, 1.54) is 19.8 Å². The Balaban J connectivity index is 2.09. The highest BCUT2D eigenvalue weighted by Gasteiger charge is 2.27. The molecule has 2 rings (SSSR count). The fourth-order valence-corrected chi connectivity index (χ4v) is 2.01. The first-order valence-corrected chi connectivity index (χ1v) is 6.21. The Kier molecular flexibility index (Phi) is 3.36. The minimum absolute atomic E-state index is 0.0273. The maximum atomic E-state index is 11.1. The van der Waals surface area contributed by atoms with E-state index < -0.39 is 0 Å². The van der Waals surface area contributed by atoms with E-state index in [1.54, 1.807) is 0 Å². The molecule has 3 heteroatoms. The summed E-state index contributed by atoms with van der Waals surface area (Å²) in [5.74, 6) is 0.793. The van der Waals surface area contributed by atoms with Gasteiger partial charge < -0.3 is 10.6 Å². The lowest BCUT2D eigenvalue weighted by Gasteiger charge is -2.16. The van der Waals surface area contributed by atoms with Crippen molar-refractivity contribution >= 4 is 17.3 Å². The minimum Gasteiger partial charge on any atom is -0.382 e. The molecule has 1 aliphatic rings. The Morgan fingerprint density at radius 1 is 1.41 bits per heavy atom. The standard InChI is InChI=1S/C14H20N2O/c1-9-4-7-13(8-14(9)16-11(3)17)15-10(2)12-5-6-12/h4,7-8,10,12,15H,5-6H2,1-3H3,(H,16,17). The number of nitrogens with one attached hydrogen (secondary N) is 2. The number of anilines is 2. The number of aryl methyl sites for hydroxylation is 1. The summed E-state index contributed by atoms with van der Waals surface area (Å²) in [4.78, 5) is 11.1. The van der Waals surface area contributed by atoms with Gasteiger partial charge in [-0.1, -0.05) is 6.07 Å². The van der Waals surface area contributed by atoms with Crippen molar-refractivity contribution in [3.8, 4) is 0 Å². The normalized spacial score (nSPS) is 16.4. The van der Waals surface area contributed by atoms with Crippen LogP contribution in [0.3, 0.4) is 0 Å². The summed E-state index contributed by atoms with van der Waals surface area (Å²) < 4.78 is 0. The van der Waals surface area contributed by atoms with Gasteiger partial charge in [-0.25, -0.2) is 0 Å². The second kappa shape index (κ2) is 4.78. The van der Waals surface area contributed by atoms with Crippen LogP contribution in [0, 0.1) is 12.8 Å². The maximum absolute atomic E-state index is 11.1. The van der Waals surface area contributed by atoms with Crippen molar-refractivity contribution in [2.24, 2.45) is 5.92 Å². The second-order valence-corrected chi connectivity index (χ2v) is 4.98. The molecule has 0 heterocycles. The molecule has 1 aromatic rings. The average Bonchev–Trinajstić information content (AvgIpc) is 3.05. The molecule has 0 aliphatic heterocycles. The summed E-state index contributed by atoms with van der Waals surface area (Å²) >= 11 is 0. The van der Waals surface area contributed by atoms with E-state index in [2.05, 4.69) is 23.6 Å². The van der Waals surface area contributed by atoms with Crippen molar-refractivity contribution in [1.82, 2.24) is 0 Å². The van der Waals surface area contributed by atoms with Gasteiger partial charge in [-0.05, 0) is 50.3 Å². The number of carbonyl (C=O) groups excluding carboxylic acids is 1. The second-order valence-electron chi connectivity index (χ2n) is 4.98. The lowest BCUT2D eigenvalue weighted by Crippen LogP contribution is -2.17. The van der Waals surface area contributed by atoms with E-state index in [0.29, 0.717) is 6.04 Å². The van der Waals surface area contributed by atoms with E-state index in [9.17, 15) is 4.79 Å². The van der Waals surface area contributed by atoms with Gasteiger partial charge in [0.15, 0.2) is 0 Å². The van der Waals surface area contributed by atoms with Gasteiger partial charge in [-0.2, -0.15) is 0 Å². The van der Waals surface area contributed by atoms with Crippen LogP contribution in [0.4, 0.5) is 11.4 Å². The molecule has 0 saturated heterocycles. The third-order valence-electron chi connectivity index (χ3n) is 3.27. The third kappa shape index (κ3) is 3.22. The Morgan fingerprint density at radius 3 is 2.71 bits per heavy atom. The highest BCUT2D eigenvalue weighted by atomic mass is 16.1. The largest absolute Gasteiger partial charge is 0.382 e. The van der Waals surface area contributed by atoms with E-state index in [1.807, 2.05) is 19.1 Å². The fraction of sp³-hybridized carbons (Fsp3) is 0.500. The Labute approximate surface area is 103 Å². The summed E-state index contributed by atoms with van der Waals surface area (Å²) in [5.41, 5.74) is 3.06. The molecule has 0 bridgehead atoms. The molecule has 92 valence electrons. The third-order valence-corrected chi connectivity index (χ3v) is 3.27. The molecular formula is C14H20N2O. The van der Waals surface area contributed by atoms with Gasteiger partial charge in [0.05, 0.1) is 0 Å². The lowest BCUT2D eigenvalue weighted by atomic mass is 10.1. The first-order valence-electron chi connectivity index (χ1n) is 6.21. The molecule has 1 unspecified atom stereocenters. The zero-order valence-electron chi connectivity index (χ0n) is 10.7. The van der Waals surface area contributed by atoms with Crippen LogP contribution >= 0.6 is 0 Å². The molecule has 1 atom stereocenters. The summed E-state index contributed by atoms with van der Waals surface area (Å²) in [6, 6.07) is 6.63. The van der Waals surface area contributed by atoms with Crippen LogP contribution < -0.4 is 10.6 Å². The van der Waals surface area contributed by atoms with Crippen LogP contribution in [0.1, 0.15) is 32.3 Å². The molecule has 1 aromatic carbocycles. The maximum Gasteiger partial charge on any atom is 0.221 e. The SMILES string of the molecule is CC(=O)Nc1cc(NC(C)C2CC2)ccc1C. The highest BCUT2D eigenvalue weighted by Crippen LogP contribution is 2.34. The van der Waals surface area contributed by atoms with Crippen LogP contribution in [0.2, 0.25) is 0 Å². The number of carbonyl (C=O) groups is 1. The zero-order valence-corrected chi connectivity index (χ0v) is 10.7. The van der Waals surface area contributed by atoms with Gasteiger partial charge in [0.25, 0.3) is 0 Å². The summed E-state index contributed by atoms with van der Waals surface area (Å²) in [5, 5.41) is 6.35. The van der Waals surface area contributed by atoms with Gasteiger partial charge in [0.1, 0.15) is 0 Å². The van der Waals surface area contributed by atoms with Crippen LogP contribution in [-0.4, -0.2) is 11.9 Å². The van der Waals surface area contributed by atoms with Crippen molar-refractivity contribution < 1.29 is 4.79 Å². The van der Waals surface area contributed by atoms with E-state index >= 15 is 0 Å². The number of hydrogen-bond donors (Lipinski definition) is 2. The molecule has 0 aromatic heterocycles. The summed E-state index contributed by atoms with van der Waals surface area (Å²) in [6.45, 7) is 5.75. The molecule has 0 radical (unpaired) electrons. The first kappa shape index (κ1) is 12.0. The van der Waals surface area contributed by atoms with Crippen LogP contribution in [0.15, 0.2) is 18.2 Å². The number of rotatable bonds is 4. The molecule has 0 spiro atoms. The molecular weight excluding hydrogens is 212 g/mol. The first-order chi connectivity index (χ1) is 8.06. The average molecular weight is 232 g/mol. The van der Waals surface area contributed by atoms with Crippen LogP contribution in [0.25, 0.3) is 0 Å². The predicted molar refractivity (Wildman–Crippen MR) is 71.3 cm³/mol. The van der Waals surface area contributed by atoms with Gasteiger partial charge in [-0.3, -0.25) is 4.79 Å². The van der Waals surface area contributed by atoms with Gasteiger partial charge in [0, 0.05) is 24.3 Å². The number of amides is 1. The smallest absolute Gasteiger partial charge is 0.221 e. The number of benzene rings is 1. The van der Waals surface area contributed by atoms with Gasteiger partial charge in [-0.15, -0.1) is 0 Å². The van der Waals surface area contributed by atoms with Crippen LogP contribution in [-0.2, 0) is 4.79 Å². The van der Waals surface area contributed by atoms with Crippen molar-refractivity contribution in [3.05, 3.63) is 23.8 Å². The molecule has 1 fully saturated rings. The quantitative estimate of drug-likeness (QED) is 0.837. The molecule has 1 amide bonds. The highest BCUT2D eigenvalue weighted by molar-refractivity contribution is 5.90. The topological polar surface area (TPSA) is 41.1 Å². The van der Waals surface area contributed by atoms with E-state index in [4.69, 9.17) is 0 Å². The van der Waals surface area contributed by atoms with Crippen molar-refractivity contribution in [1.29, 1.82) is 0 Å². The predicted octanol–water partition coefficient (Wildman–Crippen LogP) is 3.16. The monoisotopic (exact) mass is 232 g/mol. The molecule has 1 saturated carbocycles. The molecule has 1 aliphatic carbocycles. The number of hydrogen-bond acceptors (Lipinski definition) is 2. The van der Waals surface area contributed by atoms with Crippen molar-refractivity contribution in [2.75, 3.05) is 10.6 Å². The minimum atomic E-state index is -0.0273. The van der Waals surface area contributed by atoms with E-state index in [-0.39, 0.29) is 5.91 Å². The Morgan fingerprint density at radius 2 is 2.12 bits per heavy atom. The van der Waals surface area contributed by atoms with Crippen molar-refractivity contribution in [3.63, 3.8) is 0 Å². The fourth-order valence-electron chi connectivity index (χ4n) is 2.01. The van der Waals surface area contributed by atoms with Gasteiger partial charge in [0.2, 0.25) is 5.91 Å². The van der Waals surface area contributed by atoms with Gasteiger partial charge >= 0.3 is 0 Å².